The summed E-state index contributed by atoms with van der Waals surface area (Å²) in [5.41, 5.74) is 3.32. The highest BCUT2D eigenvalue weighted by atomic mass is 32.1. The monoisotopic (exact) mass is 325 g/mol. The lowest BCUT2D eigenvalue weighted by Crippen LogP contribution is -2.30. The zero-order chi connectivity index (χ0) is 16.2. The first-order valence-corrected chi connectivity index (χ1v) is 8.36. The van der Waals surface area contributed by atoms with Gasteiger partial charge >= 0.3 is 0 Å². The van der Waals surface area contributed by atoms with Gasteiger partial charge in [0.2, 0.25) is 11.0 Å². The van der Waals surface area contributed by atoms with Crippen LogP contribution in [0.3, 0.4) is 0 Å². The van der Waals surface area contributed by atoms with Crippen LogP contribution < -0.4 is 9.88 Å². The molecule has 0 aliphatic carbocycles. The first-order chi connectivity index (χ1) is 11.2. The van der Waals surface area contributed by atoms with Gasteiger partial charge in [-0.05, 0) is 30.8 Å². The molecule has 2 aromatic carbocycles. The first kappa shape index (κ1) is 15.7. The van der Waals surface area contributed by atoms with Gasteiger partial charge in [0.1, 0.15) is 7.05 Å². The lowest BCUT2D eigenvalue weighted by molar-refractivity contribution is -0.617. The minimum atomic E-state index is 0.433. The van der Waals surface area contributed by atoms with Crippen molar-refractivity contribution in [3.63, 3.8) is 0 Å². The fourth-order valence-electron chi connectivity index (χ4n) is 2.81. The van der Waals surface area contributed by atoms with Crippen molar-refractivity contribution in [3.05, 3.63) is 48.5 Å². The molecule has 118 valence electrons. The standard InChI is InChI=1S/C19H20N2OS/c1-3-4-13-22-19(23)20-18-14-9-5-7-11-16(14)21(2)17-12-8-6-10-15(17)18/h5-12H,3-4,13H2,1-2H3/p+1. The molecule has 1 N–H and O–H groups in total. The third-order valence-corrected chi connectivity index (χ3v) is 4.25. The Labute approximate surface area is 141 Å². The lowest BCUT2D eigenvalue weighted by atomic mass is 10.1. The number of nitrogens with zero attached hydrogens (tertiary/aromatic N) is 1. The molecule has 0 saturated heterocycles. The first-order valence-electron chi connectivity index (χ1n) is 7.95. The molecule has 0 spiro atoms. The quantitative estimate of drug-likeness (QED) is 0.334. The van der Waals surface area contributed by atoms with E-state index in [1.54, 1.807) is 0 Å². The number of ether oxygens (including phenoxy) is 1. The van der Waals surface area contributed by atoms with E-state index in [0.717, 1.165) is 40.3 Å². The van der Waals surface area contributed by atoms with E-state index in [0.29, 0.717) is 11.8 Å². The molecule has 0 amide bonds. The Balaban J connectivity index is 2.09. The summed E-state index contributed by atoms with van der Waals surface area (Å²) < 4.78 is 7.83. The molecule has 23 heavy (non-hydrogen) atoms. The van der Waals surface area contributed by atoms with Crippen molar-refractivity contribution >= 4 is 44.9 Å². The largest absolute Gasteiger partial charge is 0.471 e. The molecule has 0 fully saturated rings. The highest BCUT2D eigenvalue weighted by Gasteiger charge is 2.17. The van der Waals surface area contributed by atoms with Crippen LogP contribution in [0.2, 0.25) is 0 Å². The Bertz CT molecular complexity index is 803. The van der Waals surface area contributed by atoms with Crippen LogP contribution in [0.1, 0.15) is 19.8 Å². The third kappa shape index (κ3) is 3.13. The summed E-state index contributed by atoms with van der Waals surface area (Å²) in [6, 6.07) is 16.7. The number of unbranched alkanes of at least 4 members (excludes halogenated alkanes) is 1. The third-order valence-electron chi connectivity index (χ3n) is 4.03. The number of hydrogen-bond acceptors (Lipinski definition) is 2. The van der Waals surface area contributed by atoms with Crippen molar-refractivity contribution in [2.24, 2.45) is 7.05 Å². The van der Waals surface area contributed by atoms with Gasteiger partial charge in [-0.3, -0.25) is 0 Å². The minimum Gasteiger partial charge on any atom is -0.471 e. The molecular weight excluding hydrogens is 304 g/mol. The molecule has 0 atom stereocenters. The van der Waals surface area contributed by atoms with E-state index >= 15 is 0 Å². The molecular formula is C19H21N2OS+. The zero-order valence-electron chi connectivity index (χ0n) is 13.5. The van der Waals surface area contributed by atoms with Crippen LogP contribution in [0.4, 0.5) is 5.69 Å². The zero-order valence-corrected chi connectivity index (χ0v) is 14.3. The molecule has 1 aromatic heterocycles. The predicted molar refractivity (Wildman–Crippen MR) is 99.7 cm³/mol. The lowest BCUT2D eigenvalue weighted by Gasteiger charge is -2.13. The Kier molecular flexibility index (Phi) is 4.72. The van der Waals surface area contributed by atoms with Gasteiger partial charge in [0.15, 0.2) is 0 Å². The normalized spacial score (nSPS) is 10.9. The molecule has 0 saturated carbocycles. The topological polar surface area (TPSA) is 25.1 Å². The minimum absolute atomic E-state index is 0.433. The average Bonchev–Trinajstić information content (AvgIpc) is 2.59. The van der Waals surface area contributed by atoms with Crippen molar-refractivity contribution in [3.8, 4) is 0 Å². The van der Waals surface area contributed by atoms with Gasteiger partial charge in [0, 0.05) is 12.1 Å². The van der Waals surface area contributed by atoms with Gasteiger partial charge in [-0.2, -0.15) is 4.57 Å². The average molecular weight is 325 g/mol. The van der Waals surface area contributed by atoms with Crippen molar-refractivity contribution in [1.82, 2.24) is 0 Å². The number of pyridine rings is 1. The van der Waals surface area contributed by atoms with Crippen LogP contribution >= 0.6 is 12.2 Å². The van der Waals surface area contributed by atoms with Gasteiger partial charge in [0.25, 0.3) is 5.17 Å². The molecule has 3 rings (SSSR count). The Hall–Kier alpha value is -2.20. The number of thiocarbonyl (C=S) groups is 1. The number of para-hydroxylation sites is 2. The fraction of sp³-hybridized carbons (Fsp3) is 0.263. The van der Waals surface area contributed by atoms with E-state index in [1.165, 1.54) is 0 Å². The number of fused-ring (bicyclic) bond motifs is 2. The summed E-state index contributed by atoms with van der Waals surface area (Å²) in [5, 5.41) is 6.01. The van der Waals surface area contributed by atoms with Crippen LogP contribution in [-0.2, 0) is 11.8 Å². The smallest absolute Gasteiger partial charge is 0.261 e. The van der Waals surface area contributed by atoms with Crippen molar-refractivity contribution in [2.45, 2.75) is 19.8 Å². The Morgan fingerprint density at radius 2 is 1.61 bits per heavy atom. The molecule has 3 nitrogen and oxygen atoms in total. The molecule has 1 heterocycles. The summed E-state index contributed by atoms with van der Waals surface area (Å²) in [7, 11) is 2.09. The number of aromatic nitrogens is 1. The van der Waals surface area contributed by atoms with Crippen LogP contribution in [0, 0.1) is 0 Å². The molecule has 0 bridgehead atoms. The fourth-order valence-corrected chi connectivity index (χ4v) is 3.00. The van der Waals surface area contributed by atoms with E-state index in [9.17, 15) is 0 Å². The number of hydrogen-bond donors (Lipinski definition) is 1. The summed E-state index contributed by atoms with van der Waals surface area (Å²) >= 11 is 5.37. The molecule has 0 aliphatic heterocycles. The van der Waals surface area contributed by atoms with E-state index in [-0.39, 0.29) is 0 Å². The summed E-state index contributed by atoms with van der Waals surface area (Å²) in [5.74, 6) is 0. The molecule has 0 unspecified atom stereocenters. The van der Waals surface area contributed by atoms with Gasteiger partial charge in [-0.15, -0.1) is 0 Å². The maximum Gasteiger partial charge on any atom is 0.261 e. The number of nitrogens with one attached hydrogen (secondary N) is 1. The number of anilines is 1. The van der Waals surface area contributed by atoms with Crippen molar-refractivity contribution < 1.29 is 9.30 Å². The predicted octanol–water partition coefficient (Wildman–Crippen LogP) is 4.33. The number of rotatable bonds is 4. The van der Waals surface area contributed by atoms with E-state index in [1.807, 2.05) is 12.1 Å². The second-order valence-corrected chi connectivity index (χ2v) is 5.95. The highest BCUT2D eigenvalue weighted by molar-refractivity contribution is 7.80. The van der Waals surface area contributed by atoms with Crippen molar-refractivity contribution in [2.75, 3.05) is 11.9 Å². The second kappa shape index (κ2) is 6.92. The SMILES string of the molecule is CCCCOC(=S)Nc1c2ccccc2[n+](C)c2ccccc12. The number of benzene rings is 2. The summed E-state index contributed by atoms with van der Waals surface area (Å²) in [4.78, 5) is 0. The van der Waals surface area contributed by atoms with Gasteiger partial charge in [-0.25, -0.2) is 0 Å². The maximum atomic E-state index is 5.63. The molecule has 3 aromatic rings. The Morgan fingerprint density at radius 3 is 2.17 bits per heavy atom. The van der Waals surface area contributed by atoms with E-state index in [2.05, 4.69) is 60.3 Å². The highest BCUT2D eigenvalue weighted by Crippen LogP contribution is 2.29. The Morgan fingerprint density at radius 1 is 1.04 bits per heavy atom. The number of aryl methyl sites for hydroxylation is 1. The molecule has 0 radical (unpaired) electrons. The van der Waals surface area contributed by atoms with Crippen molar-refractivity contribution in [1.29, 1.82) is 0 Å². The van der Waals surface area contributed by atoms with E-state index < -0.39 is 0 Å². The molecule has 0 aliphatic rings. The summed E-state index contributed by atoms with van der Waals surface area (Å²) in [6.45, 7) is 2.79. The van der Waals surface area contributed by atoms with Crippen LogP contribution in [0.5, 0.6) is 0 Å². The van der Waals surface area contributed by atoms with Gasteiger partial charge in [0.05, 0.1) is 23.1 Å². The van der Waals surface area contributed by atoms with E-state index in [4.69, 9.17) is 17.0 Å². The van der Waals surface area contributed by atoms with Crippen LogP contribution in [-0.4, -0.2) is 11.8 Å². The maximum absolute atomic E-state index is 5.63. The van der Waals surface area contributed by atoms with Gasteiger partial charge in [-0.1, -0.05) is 37.6 Å². The second-order valence-electron chi connectivity index (χ2n) is 5.58. The molecule has 4 heteroatoms. The summed E-state index contributed by atoms with van der Waals surface area (Å²) in [6.07, 6.45) is 2.10. The van der Waals surface area contributed by atoms with Crippen LogP contribution in [0.15, 0.2) is 48.5 Å². The van der Waals surface area contributed by atoms with Crippen LogP contribution in [0.25, 0.3) is 21.8 Å². The van der Waals surface area contributed by atoms with Gasteiger partial charge < -0.3 is 10.1 Å².